The third kappa shape index (κ3) is 5.51. The van der Waals surface area contributed by atoms with Crippen LogP contribution >= 0.6 is 0 Å². The van der Waals surface area contributed by atoms with E-state index in [1.165, 1.54) is 5.56 Å². The largest absolute Gasteiger partial charge is 0.497 e. The summed E-state index contributed by atoms with van der Waals surface area (Å²) in [6.07, 6.45) is 1.50. The SMILES string of the molecule is CCNC(CCCS(=O)(=O)CC)c1ccc(OC)cc1. The average molecular weight is 299 g/mol. The molecular formula is C15H25NO3S. The lowest BCUT2D eigenvalue weighted by atomic mass is 10.0. The summed E-state index contributed by atoms with van der Waals surface area (Å²) in [5, 5.41) is 3.41. The van der Waals surface area contributed by atoms with Gasteiger partial charge in [-0.3, -0.25) is 0 Å². The van der Waals surface area contributed by atoms with Crippen molar-refractivity contribution in [2.45, 2.75) is 32.7 Å². The summed E-state index contributed by atoms with van der Waals surface area (Å²) in [4.78, 5) is 0. The fraction of sp³-hybridized carbons (Fsp3) is 0.600. The van der Waals surface area contributed by atoms with Crippen LogP contribution in [0.5, 0.6) is 5.75 Å². The van der Waals surface area contributed by atoms with Crippen LogP contribution in [0.25, 0.3) is 0 Å². The fourth-order valence-corrected chi connectivity index (χ4v) is 3.02. The van der Waals surface area contributed by atoms with Gasteiger partial charge in [0, 0.05) is 11.8 Å². The summed E-state index contributed by atoms with van der Waals surface area (Å²) < 4.78 is 28.2. The predicted octanol–water partition coefficient (Wildman–Crippen LogP) is 2.56. The lowest BCUT2D eigenvalue weighted by molar-refractivity contribution is 0.414. The van der Waals surface area contributed by atoms with Gasteiger partial charge in [-0.1, -0.05) is 26.0 Å². The number of hydrogen-bond acceptors (Lipinski definition) is 4. The van der Waals surface area contributed by atoms with Crippen LogP contribution in [-0.4, -0.2) is 33.6 Å². The lowest BCUT2D eigenvalue weighted by Crippen LogP contribution is -2.22. The molecule has 0 spiro atoms. The summed E-state index contributed by atoms with van der Waals surface area (Å²) in [5.41, 5.74) is 1.17. The van der Waals surface area contributed by atoms with Gasteiger partial charge in [0.25, 0.3) is 0 Å². The molecule has 0 radical (unpaired) electrons. The maximum atomic E-state index is 11.5. The maximum absolute atomic E-state index is 11.5. The second-order valence-corrected chi connectivity index (χ2v) is 7.23. The van der Waals surface area contributed by atoms with E-state index in [4.69, 9.17) is 4.74 Å². The Hall–Kier alpha value is -1.07. The predicted molar refractivity (Wildman–Crippen MR) is 83.0 cm³/mol. The van der Waals surface area contributed by atoms with E-state index in [2.05, 4.69) is 12.2 Å². The first-order valence-electron chi connectivity index (χ1n) is 7.10. The lowest BCUT2D eigenvalue weighted by Gasteiger charge is -2.18. The minimum Gasteiger partial charge on any atom is -0.497 e. The van der Waals surface area contributed by atoms with Crippen LogP contribution < -0.4 is 10.1 Å². The van der Waals surface area contributed by atoms with Gasteiger partial charge in [0.05, 0.1) is 12.9 Å². The van der Waals surface area contributed by atoms with Crippen molar-refractivity contribution in [3.05, 3.63) is 29.8 Å². The minimum absolute atomic E-state index is 0.193. The Balaban J connectivity index is 2.63. The standard InChI is InChI=1S/C15H25NO3S/c1-4-16-15(7-6-12-20(17,18)5-2)13-8-10-14(19-3)11-9-13/h8-11,15-16H,4-7,12H2,1-3H3. The molecule has 1 rings (SSSR count). The van der Waals surface area contributed by atoms with Gasteiger partial charge in [-0.15, -0.1) is 0 Å². The highest BCUT2D eigenvalue weighted by Crippen LogP contribution is 2.21. The zero-order valence-corrected chi connectivity index (χ0v) is 13.4. The van der Waals surface area contributed by atoms with Gasteiger partial charge in [0.15, 0.2) is 0 Å². The molecule has 5 heteroatoms. The highest BCUT2D eigenvalue weighted by Gasteiger charge is 2.13. The molecule has 0 aliphatic rings. The molecule has 0 bridgehead atoms. The first-order chi connectivity index (χ1) is 9.52. The van der Waals surface area contributed by atoms with E-state index in [1.807, 2.05) is 24.3 Å². The number of rotatable bonds is 9. The van der Waals surface area contributed by atoms with Crippen molar-refractivity contribution in [2.75, 3.05) is 25.2 Å². The Morgan fingerprint density at radius 3 is 2.35 bits per heavy atom. The molecule has 1 atom stereocenters. The van der Waals surface area contributed by atoms with Crippen LogP contribution in [-0.2, 0) is 9.84 Å². The zero-order chi connectivity index (χ0) is 15.0. The van der Waals surface area contributed by atoms with Crippen molar-refractivity contribution in [1.82, 2.24) is 5.32 Å². The molecule has 0 aliphatic carbocycles. The summed E-state index contributed by atoms with van der Waals surface area (Å²) in [7, 11) is -1.23. The first kappa shape index (κ1) is 17.0. The molecule has 4 nitrogen and oxygen atoms in total. The van der Waals surface area contributed by atoms with E-state index in [0.717, 1.165) is 18.7 Å². The molecular weight excluding hydrogens is 274 g/mol. The number of methoxy groups -OCH3 is 1. The Kier molecular flexibility index (Phi) is 7.02. The fourth-order valence-electron chi connectivity index (χ4n) is 2.12. The summed E-state index contributed by atoms with van der Waals surface area (Å²) in [5.74, 6) is 1.32. The van der Waals surface area contributed by atoms with E-state index in [1.54, 1.807) is 14.0 Å². The zero-order valence-electron chi connectivity index (χ0n) is 12.6. The van der Waals surface area contributed by atoms with E-state index in [0.29, 0.717) is 6.42 Å². The van der Waals surface area contributed by atoms with E-state index in [9.17, 15) is 8.42 Å². The van der Waals surface area contributed by atoms with E-state index < -0.39 is 9.84 Å². The third-order valence-corrected chi connectivity index (χ3v) is 5.15. The Labute approximate surface area is 122 Å². The molecule has 20 heavy (non-hydrogen) atoms. The van der Waals surface area contributed by atoms with Gasteiger partial charge in [-0.05, 0) is 37.1 Å². The topological polar surface area (TPSA) is 55.4 Å². The number of ether oxygens (including phenoxy) is 1. The molecule has 1 aromatic carbocycles. The first-order valence-corrected chi connectivity index (χ1v) is 8.92. The molecule has 0 aliphatic heterocycles. The second kappa shape index (κ2) is 8.27. The van der Waals surface area contributed by atoms with Crippen LogP contribution in [0.15, 0.2) is 24.3 Å². The molecule has 0 amide bonds. The van der Waals surface area contributed by atoms with E-state index in [-0.39, 0.29) is 17.5 Å². The van der Waals surface area contributed by atoms with Crippen molar-refractivity contribution in [3.8, 4) is 5.75 Å². The summed E-state index contributed by atoms with van der Waals surface area (Å²) >= 11 is 0. The van der Waals surface area contributed by atoms with Crippen molar-refractivity contribution in [2.24, 2.45) is 0 Å². The van der Waals surface area contributed by atoms with Crippen LogP contribution in [0.3, 0.4) is 0 Å². The van der Waals surface area contributed by atoms with Crippen LogP contribution in [0.1, 0.15) is 38.3 Å². The Bertz CT molecular complexity index is 482. The maximum Gasteiger partial charge on any atom is 0.150 e. The van der Waals surface area contributed by atoms with Crippen LogP contribution in [0.4, 0.5) is 0 Å². The van der Waals surface area contributed by atoms with Crippen molar-refractivity contribution in [1.29, 1.82) is 0 Å². The van der Waals surface area contributed by atoms with Gasteiger partial charge in [-0.25, -0.2) is 8.42 Å². The van der Waals surface area contributed by atoms with E-state index >= 15 is 0 Å². The molecule has 0 aromatic heterocycles. The average Bonchev–Trinajstić information content (AvgIpc) is 2.46. The Morgan fingerprint density at radius 2 is 1.85 bits per heavy atom. The highest BCUT2D eigenvalue weighted by atomic mass is 32.2. The van der Waals surface area contributed by atoms with Crippen molar-refractivity contribution < 1.29 is 13.2 Å². The monoisotopic (exact) mass is 299 g/mol. The third-order valence-electron chi connectivity index (χ3n) is 3.36. The van der Waals surface area contributed by atoms with Crippen molar-refractivity contribution in [3.63, 3.8) is 0 Å². The number of benzene rings is 1. The molecule has 1 unspecified atom stereocenters. The Morgan fingerprint density at radius 1 is 1.20 bits per heavy atom. The quantitative estimate of drug-likeness (QED) is 0.761. The molecule has 0 fully saturated rings. The van der Waals surface area contributed by atoms with Crippen molar-refractivity contribution >= 4 is 9.84 Å². The van der Waals surface area contributed by atoms with Gasteiger partial charge >= 0.3 is 0 Å². The summed E-state index contributed by atoms with van der Waals surface area (Å²) in [6, 6.07) is 8.12. The van der Waals surface area contributed by atoms with Gasteiger partial charge in [0.1, 0.15) is 15.6 Å². The molecule has 114 valence electrons. The smallest absolute Gasteiger partial charge is 0.150 e. The second-order valence-electron chi connectivity index (χ2n) is 4.76. The minimum atomic E-state index is -2.87. The number of nitrogens with one attached hydrogen (secondary N) is 1. The molecule has 0 saturated heterocycles. The molecule has 1 aromatic rings. The highest BCUT2D eigenvalue weighted by molar-refractivity contribution is 7.91. The molecule has 0 saturated carbocycles. The molecule has 1 N–H and O–H groups in total. The number of hydrogen-bond donors (Lipinski definition) is 1. The van der Waals surface area contributed by atoms with Gasteiger partial charge in [0.2, 0.25) is 0 Å². The van der Waals surface area contributed by atoms with Crippen LogP contribution in [0.2, 0.25) is 0 Å². The number of sulfone groups is 1. The normalized spacial score (nSPS) is 13.2. The summed E-state index contributed by atoms with van der Waals surface area (Å²) in [6.45, 7) is 4.61. The van der Waals surface area contributed by atoms with Gasteiger partial charge < -0.3 is 10.1 Å². The van der Waals surface area contributed by atoms with Gasteiger partial charge in [-0.2, -0.15) is 0 Å². The van der Waals surface area contributed by atoms with Crippen LogP contribution in [0, 0.1) is 0 Å². The molecule has 0 heterocycles.